The van der Waals surface area contributed by atoms with E-state index < -0.39 is 11.8 Å². The van der Waals surface area contributed by atoms with E-state index in [1.807, 2.05) is 52.8 Å². The number of aryl methyl sites for hydroxylation is 1. The molecule has 0 radical (unpaired) electrons. The topological polar surface area (TPSA) is 76.7 Å². The molecule has 0 fully saturated rings. The van der Waals surface area contributed by atoms with Crippen LogP contribution in [0.15, 0.2) is 36.4 Å². The van der Waals surface area contributed by atoms with Crippen LogP contribution in [0.2, 0.25) is 0 Å². The van der Waals surface area contributed by atoms with Crippen LogP contribution in [0, 0.1) is 6.92 Å². The number of ether oxygens (including phenoxy) is 2. The Labute approximate surface area is 166 Å². The number of amides is 2. The van der Waals surface area contributed by atoms with Crippen molar-refractivity contribution >= 4 is 23.2 Å². The summed E-state index contributed by atoms with van der Waals surface area (Å²) in [5.74, 6) is -0.137. The number of anilines is 2. The minimum atomic E-state index is -0.746. The van der Waals surface area contributed by atoms with Gasteiger partial charge in [0.05, 0.1) is 13.2 Å². The standard InChI is InChI=1S/C22H28N2O4/c1-6-27-18-12-11-16(13-19(18)28-7-2)23-21(25)22(26)24-20-15(5)9-8-10-17(20)14(3)4/h8-14H,6-7H2,1-5H3,(H,23,25)(H,24,26). The Morgan fingerprint density at radius 3 is 2.21 bits per heavy atom. The molecule has 0 saturated carbocycles. The van der Waals surface area contributed by atoms with Crippen molar-refractivity contribution in [1.82, 2.24) is 0 Å². The highest BCUT2D eigenvalue weighted by Gasteiger charge is 2.18. The lowest BCUT2D eigenvalue weighted by atomic mass is 9.98. The second-order valence-electron chi connectivity index (χ2n) is 6.63. The number of rotatable bonds is 7. The first-order valence-electron chi connectivity index (χ1n) is 9.48. The largest absolute Gasteiger partial charge is 0.490 e. The first kappa shape index (κ1) is 21.3. The van der Waals surface area contributed by atoms with Crippen LogP contribution in [0.1, 0.15) is 44.7 Å². The summed E-state index contributed by atoms with van der Waals surface area (Å²) in [5, 5.41) is 5.36. The molecule has 2 N–H and O–H groups in total. The normalized spacial score (nSPS) is 10.5. The van der Waals surface area contributed by atoms with E-state index in [1.54, 1.807) is 18.2 Å². The zero-order valence-electron chi connectivity index (χ0n) is 17.1. The fraction of sp³-hybridized carbons (Fsp3) is 0.364. The lowest BCUT2D eigenvalue weighted by Crippen LogP contribution is -2.29. The number of carbonyl (C=O) groups excluding carboxylic acids is 2. The number of hydrogen-bond acceptors (Lipinski definition) is 4. The van der Waals surface area contributed by atoms with Gasteiger partial charge in [0.15, 0.2) is 11.5 Å². The molecule has 0 aliphatic heterocycles. The molecule has 150 valence electrons. The average molecular weight is 384 g/mol. The van der Waals surface area contributed by atoms with E-state index in [9.17, 15) is 9.59 Å². The lowest BCUT2D eigenvalue weighted by Gasteiger charge is -2.16. The average Bonchev–Trinajstić information content (AvgIpc) is 2.65. The Morgan fingerprint density at radius 1 is 0.929 bits per heavy atom. The van der Waals surface area contributed by atoms with Crippen molar-refractivity contribution in [3.63, 3.8) is 0 Å². The minimum Gasteiger partial charge on any atom is -0.490 e. The van der Waals surface area contributed by atoms with E-state index in [-0.39, 0.29) is 5.92 Å². The quantitative estimate of drug-likeness (QED) is 0.690. The zero-order chi connectivity index (χ0) is 20.7. The van der Waals surface area contributed by atoms with Crippen molar-refractivity contribution in [2.24, 2.45) is 0 Å². The van der Waals surface area contributed by atoms with Gasteiger partial charge >= 0.3 is 11.8 Å². The van der Waals surface area contributed by atoms with Crippen LogP contribution in [0.3, 0.4) is 0 Å². The van der Waals surface area contributed by atoms with Crippen molar-refractivity contribution in [2.45, 2.75) is 40.5 Å². The van der Waals surface area contributed by atoms with Gasteiger partial charge in [-0.2, -0.15) is 0 Å². The van der Waals surface area contributed by atoms with Crippen LogP contribution in [-0.2, 0) is 9.59 Å². The van der Waals surface area contributed by atoms with Gasteiger partial charge in [-0.3, -0.25) is 9.59 Å². The summed E-state index contributed by atoms with van der Waals surface area (Å²) in [6, 6.07) is 10.8. The molecule has 2 aromatic carbocycles. The molecule has 0 heterocycles. The summed E-state index contributed by atoms with van der Waals surface area (Å²) in [7, 11) is 0. The molecule has 0 bridgehead atoms. The van der Waals surface area contributed by atoms with Crippen LogP contribution in [0.4, 0.5) is 11.4 Å². The highest BCUT2D eigenvalue weighted by Crippen LogP contribution is 2.31. The predicted molar refractivity (Wildman–Crippen MR) is 111 cm³/mol. The van der Waals surface area contributed by atoms with Gasteiger partial charge in [-0.1, -0.05) is 32.0 Å². The van der Waals surface area contributed by atoms with E-state index in [2.05, 4.69) is 10.6 Å². The molecule has 28 heavy (non-hydrogen) atoms. The van der Waals surface area contributed by atoms with Crippen molar-refractivity contribution in [1.29, 1.82) is 0 Å². The fourth-order valence-electron chi connectivity index (χ4n) is 2.83. The highest BCUT2D eigenvalue weighted by molar-refractivity contribution is 6.43. The van der Waals surface area contributed by atoms with E-state index in [1.165, 1.54) is 0 Å². The highest BCUT2D eigenvalue weighted by atomic mass is 16.5. The molecule has 2 rings (SSSR count). The molecule has 0 aromatic heterocycles. The molecule has 6 heteroatoms. The lowest BCUT2D eigenvalue weighted by molar-refractivity contribution is -0.133. The molecule has 0 unspecified atom stereocenters. The molecule has 0 saturated heterocycles. The van der Waals surface area contributed by atoms with Gasteiger partial charge < -0.3 is 20.1 Å². The smallest absolute Gasteiger partial charge is 0.314 e. The molecular weight excluding hydrogens is 356 g/mol. The van der Waals surface area contributed by atoms with Crippen molar-refractivity contribution < 1.29 is 19.1 Å². The van der Waals surface area contributed by atoms with E-state index in [0.717, 1.165) is 11.1 Å². The third kappa shape index (κ3) is 5.25. The van der Waals surface area contributed by atoms with Gasteiger partial charge in [-0.25, -0.2) is 0 Å². The third-order valence-electron chi connectivity index (χ3n) is 4.17. The van der Waals surface area contributed by atoms with Crippen LogP contribution >= 0.6 is 0 Å². The summed E-state index contributed by atoms with van der Waals surface area (Å²) >= 11 is 0. The molecule has 0 aliphatic rings. The zero-order valence-corrected chi connectivity index (χ0v) is 17.1. The van der Waals surface area contributed by atoms with Crippen LogP contribution < -0.4 is 20.1 Å². The molecule has 0 atom stereocenters. The molecular formula is C22H28N2O4. The van der Waals surface area contributed by atoms with Crippen molar-refractivity contribution in [3.8, 4) is 11.5 Å². The van der Waals surface area contributed by atoms with Crippen molar-refractivity contribution in [2.75, 3.05) is 23.8 Å². The van der Waals surface area contributed by atoms with Gasteiger partial charge in [0.25, 0.3) is 0 Å². The Hall–Kier alpha value is -3.02. The maximum atomic E-state index is 12.4. The summed E-state index contributed by atoms with van der Waals surface area (Å²) in [5.41, 5.74) is 3.04. The number of benzene rings is 2. The van der Waals surface area contributed by atoms with Crippen molar-refractivity contribution in [3.05, 3.63) is 47.5 Å². The van der Waals surface area contributed by atoms with E-state index in [0.29, 0.717) is 36.1 Å². The molecule has 2 amide bonds. The molecule has 6 nitrogen and oxygen atoms in total. The van der Waals surface area contributed by atoms with E-state index >= 15 is 0 Å². The number of carbonyl (C=O) groups is 2. The van der Waals surface area contributed by atoms with Gasteiger partial charge in [0, 0.05) is 17.4 Å². The third-order valence-corrected chi connectivity index (χ3v) is 4.17. The van der Waals surface area contributed by atoms with Crippen LogP contribution in [-0.4, -0.2) is 25.0 Å². The fourth-order valence-corrected chi connectivity index (χ4v) is 2.83. The van der Waals surface area contributed by atoms with Gasteiger partial charge in [0.2, 0.25) is 0 Å². The predicted octanol–water partition coefficient (Wildman–Crippen LogP) is 4.49. The summed E-state index contributed by atoms with van der Waals surface area (Å²) < 4.78 is 11.1. The summed E-state index contributed by atoms with van der Waals surface area (Å²) in [6.07, 6.45) is 0. The van der Waals surface area contributed by atoms with Crippen LogP contribution in [0.5, 0.6) is 11.5 Å². The maximum absolute atomic E-state index is 12.4. The molecule has 0 aliphatic carbocycles. The first-order chi connectivity index (χ1) is 13.4. The number of para-hydroxylation sites is 1. The molecule has 2 aromatic rings. The first-order valence-corrected chi connectivity index (χ1v) is 9.48. The maximum Gasteiger partial charge on any atom is 0.314 e. The number of nitrogens with one attached hydrogen (secondary N) is 2. The van der Waals surface area contributed by atoms with Gasteiger partial charge in [-0.15, -0.1) is 0 Å². The minimum absolute atomic E-state index is 0.220. The Morgan fingerprint density at radius 2 is 1.57 bits per heavy atom. The molecule has 0 spiro atoms. The van der Waals surface area contributed by atoms with Gasteiger partial charge in [0.1, 0.15) is 0 Å². The monoisotopic (exact) mass is 384 g/mol. The Kier molecular flexibility index (Phi) is 7.44. The summed E-state index contributed by atoms with van der Waals surface area (Å²) in [6.45, 7) is 10.7. The second-order valence-corrected chi connectivity index (χ2v) is 6.63. The Balaban J connectivity index is 2.15. The van der Waals surface area contributed by atoms with Crippen LogP contribution in [0.25, 0.3) is 0 Å². The Bertz CT molecular complexity index is 846. The van der Waals surface area contributed by atoms with Gasteiger partial charge in [-0.05, 0) is 49.9 Å². The number of hydrogen-bond donors (Lipinski definition) is 2. The summed E-state index contributed by atoms with van der Waals surface area (Å²) in [4.78, 5) is 24.8. The van der Waals surface area contributed by atoms with E-state index in [4.69, 9.17) is 9.47 Å². The SMILES string of the molecule is CCOc1ccc(NC(=O)C(=O)Nc2c(C)cccc2C(C)C)cc1OCC. The second kappa shape index (κ2) is 9.78.